The second kappa shape index (κ2) is 7.27. The van der Waals surface area contributed by atoms with Crippen LogP contribution in [0.5, 0.6) is 0 Å². The van der Waals surface area contributed by atoms with Crippen LogP contribution in [0.25, 0.3) is 0 Å². The third-order valence-electron chi connectivity index (χ3n) is 3.85. The number of hydrogen-bond donors (Lipinski definition) is 1. The molecule has 0 atom stereocenters. The first-order valence-corrected chi connectivity index (χ1v) is 7.79. The molecule has 1 N–H and O–H groups in total. The Balaban J connectivity index is 2.29. The highest BCUT2D eigenvalue weighted by Crippen LogP contribution is 2.29. The molecule has 4 heteroatoms. The Morgan fingerprint density at radius 2 is 1.78 bits per heavy atom. The van der Waals surface area contributed by atoms with Crippen LogP contribution in [0, 0.1) is 26.6 Å². The van der Waals surface area contributed by atoms with Crippen LogP contribution in [0.4, 0.5) is 21.5 Å². The molecule has 0 spiro atoms. The fourth-order valence-corrected chi connectivity index (χ4v) is 2.16. The Morgan fingerprint density at radius 3 is 2.48 bits per heavy atom. The minimum atomic E-state index is -0.329. The van der Waals surface area contributed by atoms with Crippen molar-refractivity contribution >= 4 is 23.4 Å². The number of nitrogens with one attached hydrogen (secondary N) is 1. The van der Waals surface area contributed by atoms with Gasteiger partial charge in [-0.3, -0.25) is 0 Å². The quantitative estimate of drug-likeness (QED) is 0.614. The Hall–Kier alpha value is -2.36. The molecule has 0 aromatic heterocycles. The Bertz CT molecular complexity index is 723. The van der Waals surface area contributed by atoms with Crippen molar-refractivity contribution in [2.45, 2.75) is 27.7 Å². The average Bonchev–Trinajstić information content (AvgIpc) is 2.52. The summed E-state index contributed by atoms with van der Waals surface area (Å²) in [4.78, 5) is 6.12. The van der Waals surface area contributed by atoms with Gasteiger partial charge in [0.25, 0.3) is 0 Å². The number of aryl methyl sites for hydroxylation is 3. The maximum atomic E-state index is 14.3. The van der Waals surface area contributed by atoms with Crippen molar-refractivity contribution in [1.29, 1.82) is 0 Å². The fourth-order valence-electron chi connectivity index (χ4n) is 2.16. The van der Waals surface area contributed by atoms with Gasteiger partial charge in [-0.1, -0.05) is 12.1 Å². The lowest BCUT2D eigenvalue weighted by atomic mass is 10.1. The zero-order valence-corrected chi connectivity index (χ0v) is 14.4. The largest absolute Gasteiger partial charge is 0.366 e. The van der Waals surface area contributed by atoms with Crippen LogP contribution >= 0.6 is 0 Å². The first-order valence-electron chi connectivity index (χ1n) is 7.79. The molecule has 0 aliphatic rings. The van der Waals surface area contributed by atoms with E-state index in [4.69, 9.17) is 0 Å². The van der Waals surface area contributed by atoms with Crippen molar-refractivity contribution in [3.63, 3.8) is 0 Å². The number of hydrogen-bond acceptors (Lipinski definition) is 2. The molecule has 0 heterocycles. The predicted molar refractivity (Wildman–Crippen MR) is 96.8 cm³/mol. The maximum Gasteiger partial charge on any atom is 0.150 e. The van der Waals surface area contributed by atoms with Crippen molar-refractivity contribution < 1.29 is 4.39 Å². The van der Waals surface area contributed by atoms with Crippen molar-refractivity contribution in [1.82, 2.24) is 4.90 Å². The predicted octanol–water partition coefficient (Wildman–Crippen LogP) is 5.11. The van der Waals surface area contributed by atoms with Gasteiger partial charge in [-0.25, -0.2) is 9.38 Å². The van der Waals surface area contributed by atoms with Crippen molar-refractivity contribution in [2.75, 3.05) is 18.9 Å². The number of anilines is 2. The molecule has 2 rings (SSSR count). The molecule has 0 saturated heterocycles. The van der Waals surface area contributed by atoms with Crippen LogP contribution in [0.3, 0.4) is 0 Å². The summed E-state index contributed by atoms with van der Waals surface area (Å²) in [5.74, 6) is -0.329. The van der Waals surface area contributed by atoms with Gasteiger partial charge in [-0.05, 0) is 62.6 Å². The van der Waals surface area contributed by atoms with E-state index in [-0.39, 0.29) is 5.82 Å². The van der Waals surface area contributed by atoms with E-state index in [9.17, 15) is 4.39 Å². The Labute approximate surface area is 137 Å². The highest BCUT2D eigenvalue weighted by Gasteiger charge is 2.08. The van der Waals surface area contributed by atoms with Gasteiger partial charge in [0.2, 0.25) is 0 Å². The summed E-state index contributed by atoms with van der Waals surface area (Å²) in [6.07, 6.45) is 1.65. The molecule has 0 saturated carbocycles. The van der Waals surface area contributed by atoms with Gasteiger partial charge >= 0.3 is 0 Å². The first-order chi connectivity index (χ1) is 10.9. The molecular weight excluding hydrogens is 289 g/mol. The van der Waals surface area contributed by atoms with Gasteiger partial charge in [-0.2, -0.15) is 0 Å². The van der Waals surface area contributed by atoms with Gasteiger partial charge < -0.3 is 10.2 Å². The molecule has 0 aliphatic carbocycles. The molecule has 0 radical (unpaired) electrons. The van der Waals surface area contributed by atoms with Crippen molar-refractivity contribution in [3.8, 4) is 0 Å². The van der Waals surface area contributed by atoms with E-state index < -0.39 is 0 Å². The van der Waals surface area contributed by atoms with Gasteiger partial charge in [0.05, 0.1) is 6.34 Å². The topological polar surface area (TPSA) is 27.6 Å². The van der Waals surface area contributed by atoms with E-state index in [2.05, 4.69) is 28.5 Å². The molecule has 122 valence electrons. The molecular formula is C19H24FN3. The normalized spacial score (nSPS) is 11.0. The fraction of sp³-hybridized carbons (Fsp3) is 0.316. The number of rotatable bonds is 5. The van der Waals surface area contributed by atoms with E-state index in [0.717, 1.165) is 29.0 Å². The summed E-state index contributed by atoms with van der Waals surface area (Å²) in [5, 5.41) is 3.32. The Kier molecular flexibility index (Phi) is 5.37. The van der Waals surface area contributed by atoms with Crippen molar-refractivity contribution in [2.24, 2.45) is 4.99 Å². The molecule has 2 aromatic rings. The second-order valence-corrected chi connectivity index (χ2v) is 5.88. The second-order valence-electron chi connectivity index (χ2n) is 5.88. The Morgan fingerprint density at radius 1 is 1.09 bits per heavy atom. The molecule has 0 fully saturated rings. The van der Waals surface area contributed by atoms with Gasteiger partial charge in [0, 0.05) is 25.0 Å². The third-order valence-corrected chi connectivity index (χ3v) is 3.85. The summed E-state index contributed by atoms with van der Waals surface area (Å²) in [7, 11) is 1.91. The summed E-state index contributed by atoms with van der Waals surface area (Å²) in [6, 6.07) is 9.46. The van der Waals surface area contributed by atoms with Crippen LogP contribution in [-0.4, -0.2) is 24.8 Å². The van der Waals surface area contributed by atoms with Crippen molar-refractivity contribution in [3.05, 3.63) is 52.8 Å². The van der Waals surface area contributed by atoms with Gasteiger partial charge in [0.1, 0.15) is 5.69 Å². The SMILES string of the molecule is CCN(C)/C=N\c1cc(C)c(Nc2cc(C)ccc2C)cc1F. The highest BCUT2D eigenvalue weighted by atomic mass is 19.1. The van der Waals surface area contributed by atoms with Crippen LogP contribution in [0.2, 0.25) is 0 Å². The molecule has 0 unspecified atom stereocenters. The standard InChI is InChI=1S/C19H24FN3/c1-6-23(5)12-21-19-10-15(4)18(11-16(19)20)22-17-9-13(2)7-8-14(17)3/h7-12,22H,6H2,1-5H3/b21-12-. The van der Waals surface area contributed by atoms with E-state index in [1.54, 1.807) is 12.4 Å². The smallest absolute Gasteiger partial charge is 0.150 e. The van der Waals surface area contributed by atoms with E-state index in [1.807, 2.05) is 39.6 Å². The number of aliphatic imine (C=N–C) groups is 1. The van der Waals surface area contributed by atoms with Crippen LogP contribution in [-0.2, 0) is 0 Å². The molecule has 0 bridgehead atoms. The zero-order chi connectivity index (χ0) is 17.0. The molecule has 3 nitrogen and oxygen atoms in total. The molecule has 0 amide bonds. The molecule has 23 heavy (non-hydrogen) atoms. The van der Waals surface area contributed by atoms with Gasteiger partial charge in [-0.15, -0.1) is 0 Å². The van der Waals surface area contributed by atoms with E-state index in [0.29, 0.717) is 5.69 Å². The lowest BCUT2D eigenvalue weighted by Crippen LogP contribution is -2.14. The first kappa shape index (κ1) is 17.0. The molecule has 2 aromatic carbocycles. The van der Waals surface area contributed by atoms with Gasteiger partial charge in [0.15, 0.2) is 5.82 Å². The minimum absolute atomic E-state index is 0.329. The summed E-state index contributed by atoms with van der Waals surface area (Å²) in [5.41, 5.74) is 5.36. The summed E-state index contributed by atoms with van der Waals surface area (Å²) >= 11 is 0. The maximum absolute atomic E-state index is 14.3. The monoisotopic (exact) mass is 313 g/mol. The zero-order valence-electron chi connectivity index (χ0n) is 14.4. The lowest BCUT2D eigenvalue weighted by molar-refractivity contribution is 0.551. The van der Waals surface area contributed by atoms with Crippen LogP contribution in [0.15, 0.2) is 35.3 Å². The minimum Gasteiger partial charge on any atom is -0.366 e. The third kappa shape index (κ3) is 4.31. The number of halogens is 1. The average molecular weight is 313 g/mol. The molecule has 0 aliphatic heterocycles. The highest BCUT2D eigenvalue weighted by molar-refractivity contribution is 5.70. The lowest BCUT2D eigenvalue weighted by Gasteiger charge is -2.14. The van der Waals surface area contributed by atoms with E-state index >= 15 is 0 Å². The number of benzene rings is 2. The van der Waals surface area contributed by atoms with Crippen LogP contribution < -0.4 is 5.32 Å². The van der Waals surface area contributed by atoms with E-state index in [1.165, 1.54) is 11.6 Å². The summed E-state index contributed by atoms with van der Waals surface area (Å²) in [6.45, 7) is 8.88. The number of nitrogens with zero attached hydrogens (tertiary/aromatic N) is 2. The summed E-state index contributed by atoms with van der Waals surface area (Å²) < 4.78 is 14.3. The van der Waals surface area contributed by atoms with Crippen LogP contribution in [0.1, 0.15) is 23.6 Å².